The van der Waals surface area contributed by atoms with E-state index in [1.165, 1.54) is 5.56 Å². The summed E-state index contributed by atoms with van der Waals surface area (Å²) in [6, 6.07) is 13.5. The molecular weight excluding hydrogens is 314 g/mol. The van der Waals surface area contributed by atoms with E-state index >= 15 is 0 Å². The molecule has 2 aromatic rings. The van der Waals surface area contributed by atoms with Crippen LogP contribution in [0.25, 0.3) is 0 Å². The Morgan fingerprint density at radius 3 is 2.56 bits per heavy atom. The largest absolute Gasteiger partial charge is 0.456 e. The summed E-state index contributed by atoms with van der Waals surface area (Å²) in [5, 5.41) is 3.70. The minimum Gasteiger partial charge on any atom is -0.456 e. The molecule has 0 aliphatic heterocycles. The van der Waals surface area contributed by atoms with Gasteiger partial charge < -0.3 is 10.1 Å². The van der Waals surface area contributed by atoms with Crippen molar-refractivity contribution in [3.63, 3.8) is 0 Å². The minimum atomic E-state index is 0.595. The Balaban J connectivity index is 2.15. The van der Waals surface area contributed by atoms with Crippen molar-refractivity contribution >= 4 is 27.5 Å². The second kappa shape index (κ2) is 6.23. The summed E-state index contributed by atoms with van der Waals surface area (Å²) in [5.41, 5.74) is 1.21. The number of hydrogen-bond donors (Lipinski definition) is 1. The Morgan fingerprint density at radius 2 is 1.89 bits per heavy atom. The van der Waals surface area contributed by atoms with Crippen LogP contribution in [0.4, 0.5) is 0 Å². The van der Waals surface area contributed by atoms with Crippen molar-refractivity contribution in [2.24, 2.45) is 0 Å². The van der Waals surface area contributed by atoms with Gasteiger partial charge in [0.05, 0.1) is 5.02 Å². The van der Waals surface area contributed by atoms with Crippen molar-refractivity contribution in [3.05, 3.63) is 57.5 Å². The molecule has 0 radical (unpaired) electrons. The summed E-state index contributed by atoms with van der Waals surface area (Å²) in [6.07, 6.45) is 0. The van der Waals surface area contributed by atoms with Gasteiger partial charge in [-0.3, -0.25) is 0 Å². The highest BCUT2D eigenvalue weighted by molar-refractivity contribution is 9.10. The number of rotatable bonds is 4. The molecule has 0 amide bonds. The molecule has 94 valence electrons. The SMILES string of the molecule is CNCc1ccc(Oc2cc(Br)ccc2Cl)cc1. The molecule has 2 aromatic carbocycles. The van der Waals surface area contributed by atoms with Gasteiger partial charge in [-0.15, -0.1) is 0 Å². The van der Waals surface area contributed by atoms with E-state index in [0.717, 1.165) is 16.8 Å². The van der Waals surface area contributed by atoms with E-state index in [1.54, 1.807) is 6.07 Å². The number of benzene rings is 2. The van der Waals surface area contributed by atoms with Crippen LogP contribution in [0.5, 0.6) is 11.5 Å². The average molecular weight is 327 g/mol. The fourth-order valence-corrected chi connectivity index (χ4v) is 2.06. The van der Waals surface area contributed by atoms with Crippen LogP contribution in [0, 0.1) is 0 Å². The fourth-order valence-electron chi connectivity index (χ4n) is 1.56. The van der Waals surface area contributed by atoms with E-state index in [1.807, 2.05) is 43.4 Å². The van der Waals surface area contributed by atoms with Crippen molar-refractivity contribution in [2.75, 3.05) is 7.05 Å². The van der Waals surface area contributed by atoms with Gasteiger partial charge in [-0.25, -0.2) is 0 Å². The summed E-state index contributed by atoms with van der Waals surface area (Å²) in [4.78, 5) is 0. The summed E-state index contributed by atoms with van der Waals surface area (Å²) < 4.78 is 6.68. The van der Waals surface area contributed by atoms with Crippen LogP contribution in [0.1, 0.15) is 5.56 Å². The number of nitrogens with one attached hydrogen (secondary N) is 1. The molecule has 0 atom stereocenters. The lowest BCUT2D eigenvalue weighted by Gasteiger charge is -2.08. The van der Waals surface area contributed by atoms with E-state index in [4.69, 9.17) is 16.3 Å². The van der Waals surface area contributed by atoms with Crippen LogP contribution < -0.4 is 10.1 Å². The molecule has 0 aliphatic carbocycles. The molecule has 4 heteroatoms. The molecule has 2 nitrogen and oxygen atoms in total. The van der Waals surface area contributed by atoms with Gasteiger partial charge in [0.1, 0.15) is 11.5 Å². The lowest BCUT2D eigenvalue weighted by Crippen LogP contribution is -2.04. The smallest absolute Gasteiger partial charge is 0.147 e. The van der Waals surface area contributed by atoms with Crippen molar-refractivity contribution < 1.29 is 4.74 Å². The van der Waals surface area contributed by atoms with Gasteiger partial charge in [-0.1, -0.05) is 39.7 Å². The quantitative estimate of drug-likeness (QED) is 0.885. The molecular formula is C14H13BrClNO. The van der Waals surface area contributed by atoms with Gasteiger partial charge in [0.25, 0.3) is 0 Å². The Morgan fingerprint density at radius 1 is 1.17 bits per heavy atom. The third-order valence-electron chi connectivity index (χ3n) is 2.43. The molecule has 0 spiro atoms. The molecule has 0 saturated heterocycles. The van der Waals surface area contributed by atoms with Gasteiger partial charge >= 0.3 is 0 Å². The standard InChI is InChI=1S/C14H13BrClNO/c1-17-9-10-2-5-12(6-3-10)18-14-8-11(15)4-7-13(14)16/h2-8,17H,9H2,1H3. The van der Waals surface area contributed by atoms with E-state index in [0.29, 0.717) is 10.8 Å². The van der Waals surface area contributed by atoms with Crippen LogP contribution >= 0.6 is 27.5 Å². The van der Waals surface area contributed by atoms with E-state index in [2.05, 4.69) is 21.2 Å². The summed E-state index contributed by atoms with van der Waals surface area (Å²) >= 11 is 9.47. The third kappa shape index (κ3) is 3.48. The molecule has 2 rings (SSSR count). The Bertz CT molecular complexity index is 528. The Kier molecular flexibility index (Phi) is 4.64. The average Bonchev–Trinajstić information content (AvgIpc) is 2.37. The van der Waals surface area contributed by atoms with E-state index in [-0.39, 0.29) is 0 Å². The molecule has 0 heterocycles. The minimum absolute atomic E-state index is 0.595. The Hall–Kier alpha value is -1.03. The van der Waals surface area contributed by atoms with Gasteiger partial charge in [0.2, 0.25) is 0 Å². The normalized spacial score (nSPS) is 10.4. The van der Waals surface area contributed by atoms with Crippen LogP contribution in [0.3, 0.4) is 0 Å². The lowest BCUT2D eigenvalue weighted by atomic mass is 10.2. The number of hydrogen-bond acceptors (Lipinski definition) is 2. The molecule has 0 bridgehead atoms. The summed E-state index contributed by atoms with van der Waals surface area (Å²) in [7, 11) is 1.92. The number of ether oxygens (including phenoxy) is 1. The first-order valence-corrected chi connectivity index (χ1v) is 6.72. The first-order valence-electron chi connectivity index (χ1n) is 5.55. The first-order chi connectivity index (χ1) is 8.69. The zero-order valence-electron chi connectivity index (χ0n) is 9.91. The van der Waals surface area contributed by atoms with Crippen molar-refractivity contribution in [1.29, 1.82) is 0 Å². The molecule has 0 saturated carbocycles. The molecule has 0 fully saturated rings. The predicted molar refractivity (Wildman–Crippen MR) is 78.4 cm³/mol. The van der Waals surface area contributed by atoms with Gasteiger partial charge in [-0.2, -0.15) is 0 Å². The highest BCUT2D eigenvalue weighted by Gasteiger charge is 2.04. The van der Waals surface area contributed by atoms with Crippen molar-refractivity contribution in [3.8, 4) is 11.5 Å². The topological polar surface area (TPSA) is 21.3 Å². The van der Waals surface area contributed by atoms with Gasteiger partial charge in [0.15, 0.2) is 0 Å². The maximum Gasteiger partial charge on any atom is 0.147 e. The Labute approximate surface area is 120 Å². The maximum absolute atomic E-state index is 6.07. The van der Waals surface area contributed by atoms with Crippen molar-refractivity contribution in [2.45, 2.75) is 6.54 Å². The zero-order chi connectivity index (χ0) is 13.0. The summed E-state index contributed by atoms with van der Waals surface area (Å²) in [5.74, 6) is 1.42. The second-order valence-electron chi connectivity index (χ2n) is 3.85. The fraction of sp³-hybridized carbons (Fsp3) is 0.143. The van der Waals surface area contributed by atoms with Crippen LogP contribution in [0.15, 0.2) is 46.9 Å². The lowest BCUT2D eigenvalue weighted by molar-refractivity contribution is 0.482. The molecule has 0 aliphatic rings. The monoisotopic (exact) mass is 325 g/mol. The van der Waals surface area contributed by atoms with Crippen LogP contribution in [-0.2, 0) is 6.54 Å². The third-order valence-corrected chi connectivity index (χ3v) is 3.23. The molecule has 0 unspecified atom stereocenters. The predicted octanol–water partition coefficient (Wildman–Crippen LogP) is 4.61. The highest BCUT2D eigenvalue weighted by Crippen LogP contribution is 2.31. The van der Waals surface area contributed by atoms with E-state index < -0.39 is 0 Å². The maximum atomic E-state index is 6.07. The molecule has 18 heavy (non-hydrogen) atoms. The zero-order valence-corrected chi connectivity index (χ0v) is 12.3. The van der Waals surface area contributed by atoms with Crippen LogP contribution in [0.2, 0.25) is 5.02 Å². The second-order valence-corrected chi connectivity index (χ2v) is 5.17. The molecule has 1 N–H and O–H groups in total. The number of halogens is 2. The summed E-state index contributed by atoms with van der Waals surface area (Å²) in [6.45, 7) is 0.845. The molecule has 0 aromatic heterocycles. The van der Waals surface area contributed by atoms with Crippen molar-refractivity contribution in [1.82, 2.24) is 5.32 Å². The van der Waals surface area contributed by atoms with Gasteiger partial charge in [0, 0.05) is 11.0 Å². The first kappa shape index (κ1) is 13.4. The highest BCUT2D eigenvalue weighted by atomic mass is 79.9. The van der Waals surface area contributed by atoms with Gasteiger partial charge in [-0.05, 0) is 42.9 Å². The van der Waals surface area contributed by atoms with Crippen LogP contribution in [-0.4, -0.2) is 7.05 Å². The van der Waals surface area contributed by atoms with E-state index in [9.17, 15) is 0 Å².